The Bertz CT molecular complexity index is 666. The van der Waals surface area contributed by atoms with Crippen LogP contribution in [0.3, 0.4) is 0 Å². The van der Waals surface area contributed by atoms with Gasteiger partial charge in [-0.05, 0) is 18.6 Å². The Morgan fingerprint density at radius 1 is 1.45 bits per heavy atom. The molecular formula is C15H19N3O4. The lowest BCUT2D eigenvalue weighted by Gasteiger charge is -2.07. The number of carbonyl (C=O) groups excluding carboxylic acids is 1. The molecule has 0 aliphatic rings. The first-order valence-corrected chi connectivity index (χ1v) is 7.18. The van der Waals surface area contributed by atoms with Gasteiger partial charge >= 0.3 is 5.97 Å². The molecule has 0 unspecified atom stereocenters. The van der Waals surface area contributed by atoms with E-state index in [1.54, 1.807) is 28.9 Å². The summed E-state index contributed by atoms with van der Waals surface area (Å²) in [7, 11) is 0. The standard InChI is InChI=1S/C15H19N3O4/c1-2-3-6-16-13(19)10-22-12-5-4-7-18-9-11(8-14(20)21)17-15(12)18/h4-5,7,9H,2-3,6,8,10H2,1H3,(H,16,19)(H,20,21). The largest absolute Gasteiger partial charge is 0.481 e. The predicted molar refractivity (Wildman–Crippen MR) is 79.9 cm³/mol. The third-order valence-corrected chi connectivity index (χ3v) is 3.04. The van der Waals surface area contributed by atoms with Crippen molar-refractivity contribution in [2.75, 3.05) is 13.2 Å². The average Bonchev–Trinajstić information content (AvgIpc) is 2.87. The summed E-state index contributed by atoms with van der Waals surface area (Å²) in [6.07, 6.45) is 5.18. The first-order chi connectivity index (χ1) is 10.6. The number of pyridine rings is 1. The molecular weight excluding hydrogens is 286 g/mol. The van der Waals surface area contributed by atoms with Crippen LogP contribution in [0.15, 0.2) is 24.5 Å². The van der Waals surface area contributed by atoms with E-state index < -0.39 is 5.97 Å². The van der Waals surface area contributed by atoms with Crippen LogP contribution >= 0.6 is 0 Å². The van der Waals surface area contributed by atoms with Gasteiger partial charge < -0.3 is 19.6 Å². The van der Waals surface area contributed by atoms with Crippen molar-refractivity contribution in [2.24, 2.45) is 0 Å². The van der Waals surface area contributed by atoms with Gasteiger partial charge in [0.2, 0.25) is 0 Å². The van der Waals surface area contributed by atoms with Crippen LogP contribution in [0.4, 0.5) is 0 Å². The fourth-order valence-corrected chi connectivity index (χ4v) is 1.99. The Hall–Kier alpha value is -2.57. The Morgan fingerprint density at radius 3 is 3.00 bits per heavy atom. The van der Waals surface area contributed by atoms with Crippen molar-refractivity contribution < 1.29 is 19.4 Å². The second kappa shape index (κ2) is 7.44. The van der Waals surface area contributed by atoms with Crippen LogP contribution in [-0.2, 0) is 16.0 Å². The van der Waals surface area contributed by atoms with E-state index in [1.165, 1.54) is 0 Å². The van der Waals surface area contributed by atoms with Crippen LogP contribution in [0.1, 0.15) is 25.5 Å². The zero-order valence-corrected chi connectivity index (χ0v) is 12.4. The number of imidazole rings is 1. The second-order valence-corrected chi connectivity index (χ2v) is 4.90. The summed E-state index contributed by atoms with van der Waals surface area (Å²) in [6, 6.07) is 3.45. The highest BCUT2D eigenvalue weighted by molar-refractivity contribution is 5.77. The molecule has 2 aromatic rings. The summed E-state index contributed by atoms with van der Waals surface area (Å²) in [5.41, 5.74) is 0.941. The number of nitrogens with zero attached hydrogens (tertiary/aromatic N) is 2. The summed E-state index contributed by atoms with van der Waals surface area (Å²) < 4.78 is 7.17. The monoisotopic (exact) mass is 305 g/mol. The number of fused-ring (bicyclic) bond motifs is 1. The lowest BCUT2D eigenvalue weighted by Crippen LogP contribution is -2.29. The van der Waals surface area contributed by atoms with E-state index in [4.69, 9.17) is 9.84 Å². The summed E-state index contributed by atoms with van der Waals surface area (Å²) in [6.45, 7) is 2.59. The van der Waals surface area contributed by atoms with Gasteiger partial charge in [-0.2, -0.15) is 0 Å². The Kier molecular flexibility index (Phi) is 5.35. The summed E-state index contributed by atoms with van der Waals surface area (Å²) in [5, 5.41) is 11.6. The molecule has 0 bridgehead atoms. The van der Waals surface area contributed by atoms with Crippen molar-refractivity contribution in [1.29, 1.82) is 0 Å². The third-order valence-electron chi connectivity index (χ3n) is 3.04. The first-order valence-electron chi connectivity index (χ1n) is 7.18. The molecule has 0 aliphatic heterocycles. The maximum atomic E-state index is 11.6. The number of hydrogen-bond acceptors (Lipinski definition) is 4. The van der Waals surface area contributed by atoms with E-state index in [0.29, 0.717) is 23.6 Å². The summed E-state index contributed by atoms with van der Waals surface area (Å²) in [5.74, 6) is -0.682. The van der Waals surface area contributed by atoms with Crippen molar-refractivity contribution in [2.45, 2.75) is 26.2 Å². The minimum atomic E-state index is -0.943. The number of carboxylic acids is 1. The molecule has 0 saturated carbocycles. The smallest absolute Gasteiger partial charge is 0.309 e. The molecule has 22 heavy (non-hydrogen) atoms. The molecule has 1 amide bonds. The highest BCUT2D eigenvalue weighted by atomic mass is 16.5. The van der Waals surface area contributed by atoms with Crippen molar-refractivity contribution in [3.05, 3.63) is 30.2 Å². The van der Waals surface area contributed by atoms with Crippen LogP contribution < -0.4 is 10.1 Å². The SMILES string of the molecule is CCCCNC(=O)COc1cccn2cc(CC(=O)O)nc12. The van der Waals surface area contributed by atoms with Gasteiger partial charge in [0.15, 0.2) is 18.0 Å². The predicted octanol–water partition coefficient (Wildman–Crippen LogP) is 1.26. The van der Waals surface area contributed by atoms with Gasteiger partial charge in [0.25, 0.3) is 5.91 Å². The van der Waals surface area contributed by atoms with Gasteiger partial charge in [-0.25, -0.2) is 4.98 Å². The van der Waals surface area contributed by atoms with Gasteiger partial charge in [-0.1, -0.05) is 13.3 Å². The number of ether oxygens (including phenoxy) is 1. The Labute approximate surface area is 127 Å². The second-order valence-electron chi connectivity index (χ2n) is 4.90. The van der Waals surface area contributed by atoms with Crippen molar-refractivity contribution in [1.82, 2.24) is 14.7 Å². The van der Waals surface area contributed by atoms with Crippen LogP contribution in [-0.4, -0.2) is 39.5 Å². The molecule has 0 radical (unpaired) electrons. The highest BCUT2D eigenvalue weighted by Gasteiger charge is 2.11. The number of aromatic nitrogens is 2. The van der Waals surface area contributed by atoms with E-state index >= 15 is 0 Å². The lowest BCUT2D eigenvalue weighted by molar-refractivity contribution is -0.136. The maximum absolute atomic E-state index is 11.6. The van der Waals surface area contributed by atoms with E-state index in [2.05, 4.69) is 17.2 Å². The quantitative estimate of drug-likeness (QED) is 0.716. The minimum absolute atomic E-state index is 0.0927. The molecule has 2 N–H and O–H groups in total. The number of aliphatic carboxylic acids is 1. The van der Waals surface area contributed by atoms with E-state index in [0.717, 1.165) is 12.8 Å². The van der Waals surface area contributed by atoms with E-state index in [1.807, 2.05) is 0 Å². The molecule has 2 rings (SSSR count). The number of hydrogen-bond donors (Lipinski definition) is 2. The van der Waals surface area contributed by atoms with Crippen molar-refractivity contribution in [3.63, 3.8) is 0 Å². The number of carbonyl (C=O) groups is 2. The molecule has 0 atom stereocenters. The van der Waals surface area contributed by atoms with Crippen molar-refractivity contribution in [3.8, 4) is 5.75 Å². The molecule has 0 saturated heterocycles. The topological polar surface area (TPSA) is 92.9 Å². The maximum Gasteiger partial charge on any atom is 0.309 e. The highest BCUT2D eigenvalue weighted by Crippen LogP contribution is 2.19. The van der Waals surface area contributed by atoms with E-state index in [9.17, 15) is 9.59 Å². The summed E-state index contributed by atoms with van der Waals surface area (Å²) >= 11 is 0. The normalized spacial score (nSPS) is 10.6. The lowest BCUT2D eigenvalue weighted by atomic mass is 10.3. The molecule has 2 heterocycles. The molecule has 7 heteroatoms. The van der Waals surface area contributed by atoms with Gasteiger partial charge in [0, 0.05) is 18.9 Å². The fraction of sp³-hybridized carbons (Fsp3) is 0.400. The number of unbranched alkanes of at least 4 members (excludes halogenated alkanes) is 1. The van der Waals surface area contributed by atoms with Crippen LogP contribution in [0.25, 0.3) is 5.65 Å². The molecule has 118 valence electrons. The molecule has 0 spiro atoms. The average molecular weight is 305 g/mol. The van der Waals surface area contributed by atoms with Gasteiger partial charge in [-0.3, -0.25) is 9.59 Å². The molecule has 2 aromatic heterocycles. The van der Waals surface area contributed by atoms with Gasteiger partial charge in [0.05, 0.1) is 12.1 Å². The molecule has 0 fully saturated rings. The van der Waals surface area contributed by atoms with Gasteiger partial charge in [0.1, 0.15) is 0 Å². The van der Waals surface area contributed by atoms with Crippen LogP contribution in [0.2, 0.25) is 0 Å². The number of nitrogens with one attached hydrogen (secondary N) is 1. The fourth-order valence-electron chi connectivity index (χ4n) is 1.99. The van der Waals surface area contributed by atoms with Crippen molar-refractivity contribution >= 4 is 17.5 Å². The third kappa shape index (κ3) is 4.21. The zero-order valence-electron chi connectivity index (χ0n) is 12.4. The zero-order chi connectivity index (χ0) is 15.9. The summed E-state index contributed by atoms with van der Waals surface area (Å²) in [4.78, 5) is 26.6. The number of carboxylic acid groups (broad SMARTS) is 1. The molecule has 7 nitrogen and oxygen atoms in total. The van der Waals surface area contributed by atoms with Crippen LogP contribution in [0.5, 0.6) is 5.75 Å². The minimum Gasteiger partial charge on any atom is -0.481 e. The van der Waals surface area contributed by atoms with Crippen LogP contribution in [0, 0.1) is 0 Å². The molecule has 0 aromatic carbocycles. The molecule has 0 aliphatic carbocycles. The van der Waals surface area contributed by atoms with E-state index in [-0.39, 0.29) is 18.9 Å². The number of amides is 1. The Balaban J connectivity index is 2.03. The Morgan fingerprint density at radius 2 is 2.27 bits per heavy atom. The number of rotatable bonds is 8. The first kappa shape index (κ1) is 15.8. The van der Waals surface area contributed by atoms with Gasteiger partial charge in [-0.15, -0.1) is 0 Å².